The highest BCUT2D eigenvalue weighted by Gasteiger charge is 2.09. The molecule has 1 heterocycles. The molecule has 0 fully saturated rings. The fourth-order valence-electron chi connectivity index (χ4n) is 0.773. The van der Waals surface area contributed by atoms with Gasteiger partial charge in [0.2, 0.25) is 5.88 Å². The Hall–Kier alpha value is -1.03. The number of thiazole rings is 1. The van der Waals surface area contributed by atoms with Crippen LogP contribution in [-0.2, 0) is 0 Å². The summed E-state index contributed by atoms with van der Waals surface area (Å²) in [4.78, 5) is 7.17. The SMILES string of the molecule is C=Cc1sc(N(C)C)nc1OC. The Kier molecular flexibility index (Phi) is 2.70. The molecular formula is C8H12N2OS. The fraction of sp³-hybridized carbons (Fsp3) is 0.375. The van der Waals surface area contributed by atoms with E-state index in [1.165, 1.54) is 0 Å². The van der Waals surface area contributed by atoms with Gasteiger partial charge in [-0.15, -0.1) is 0 Å². The summed E-state index contributed by atoms with van der Waals surface area (Å²) in [6.45, 7) is 3.68. The van der Waals surface area contributed by atoms with Gasteiger partial charge in [0.25, 0.3) is 0 Å². The molecule has 3 nitrogen and oxygen atoms in total. The van der Waals surface area contributed by atoms with Crippen LogP contribution in [0.1, 0.15) is 4.88 Å². The second-order valence-corrected chi connectivity index (χ2v) is 3.48. The van der Waals surface area contributed by atoms with Gasteiger partial charge in [-0.05, 0) is 6.08 Å². The number of nitrogens with zero attached hydrogens (tertiary/aromatic N) is 2. The lowest BCUT2D eigenvalue weighted by Crippen LogP contribution is -2.07. The zero-order valence-electron chi connectivity index (χ0n) is 7.50. The van der Waals surface area contributed by atoms with Crippen molar-refractivity contribution in [2.75, 3.05) is 26.1 Å². The molecule has 0 saturated carbocycles. The molecule has 0 aromatic carbocycles. The van der Waals surface area contributed by atoms with E-state index < -0.39 is 0 Å². The monoisotopic (exact) mass is 184 g/mol. The molecule has 1 aromatic heterocycles. The number of methoxy groups -OCH3 is 1. The minimum Gasteiger partial charge on any atom is -0.480 e. The molecule has 0 radical (unpaired) electrons. The van der Waals surface area contributed by atoms with Gasteiger partial charge in [-0.25, -0.2) is 0 Å². The molecule has 4 heteroatoms. The van der Waals surface area contributed by atoms with Crippen LogP contribution in [0, 0.1) is 0 Å². The van der Waals surface area contributed by atoms with E-state index in [4.69, 9.17) is 4.74 Å². The Morgan fingerprint density at radius 2 is 2.25 bits per heavy atom. The third kappa shape index (κ3) is 1.58. The molecule has 66 valence electrons. The van der Waals surface area contributed by atoms with Crippen LogP contribution in [0.2, 0.25) is 0 Å². The standard InChI is InChI=1S/C8H12N2OS/c1-5-6-7(11-4)9-8(12-6)10(2)3/h5H,1H2,2-4H3. The molecule has 0 unspecified atom stereocenters. The van der Waals surface area contributed by atoms with E-state index in [1.807, 2.05) is 19.0 Å². The molecule has 0 amide bonds. The first-order valence-corrected chi connectivity index (χ1v) is 4.35. The quantitative estimate of drug-likeness (QED) is 0.717. The average Bonchev–Trinajstić information content (AvgIpc) is 2.46. The molecule has 0 aliphatic carbocycles. The molecule has 1 rings (SSSR count). The molecule has 0 bridgehead atoms. The van der Waals surface area contributed by atoms with Crippen LogP contribution in [0.15, 0.2) is 6.58 Å². The van der Waals surface area contributed by atoms with Gasteiger partial charge in [0.05, 0.1) is 12.0 Å². The van der Waals surface area contributed by atoms with E-state index >= 15 is 0 Å². The van der Waals surface area contributed by atoms with Crippen molar-refractivity contribution in [1.82, 2.24) is 4.98 Å². The predicted molar refractivity (Wildman–Crippen MR) is 53.1 cm³/mol. The van der Waals surface area contributed by atoms with Gasteiger partial charge in [-0.2, -0.15) is 4.98 Å². The summed E-state index contributed by atoms with van der Waals surface area (Å²) >= 11 is 1.56. The van der Waals surface area contributed by atoms with Gasteiger partial charge in [0.15, 0.2) is 5.13 Å². The third-order valence-electron chi connectivity index (χ3n) is 1.37. The number of hydrogen-bond acceptors (Lipinski definition) is 4. The number of hydrogen-bond donors (Lipinski definition) is 0. The summed E-state index contributed by atoms with van der Waals surface area (Å²) in [7, 11) is 5.51. The van der Waals surface area contributed by atoms with Gasteiger partial charge in [-0.1, -0.05) is 17.9 Å². The number of ether oxygens (including phenoxy) is 1. The highest BCUT2D eigenvalue weighted by atomic mass is 32.1. The van der Waals surface area contributed by atoms with Crippen molar-refractivity contribution < 1.29 is 4.74 Å². The van der Waals surface area contributed by atoms with Crippen molar-refractivity contribution in [3.8, 4) is 5.88 Å². The summed E-state index contributed by atoms with van der Waals surface area (Å²) in [6.07, 6.45) is 1.75. The Balaban J connectivity index is 3.05. The molecule has 0 saturated heterocycles. The Labute approximate surface area is 76.3 Å². The fourth-order valence-corrected chi connectivity index (χ4v) is 1.58. The molecule has 12 heavy (non-hydrogen) atoms. The van der Waals surface area contributed by atoms with Crippen molar-refractivity contribution in [3.63, 3.8) is 0 Å². The van der Waals surface area contributed by atoms with Gasteiger partial charge in [0.1, 0.15) is 0 Å². The lowest BCUT2D eigenvalue weighted by molar-refractivity contribution is 0.400. The van der Waals surface area contributed by atoms with Crippen LogP contribution in [0.25, 0.3) is 6.08 Å². The largest absolute Gasteiger partial charge is 0.480 e. The van der Waals surface area contributed by atoms with Crippen molar-refractivity contribution in [2.45, 2.75) is 0 Å². The lowest BCUT2D eigenvalue weighted by atomic mass is 10.5. The predicted octanol–water partition coefficient (Wildman–Crippen LogP) is 1.86. The van der Waals surface area contributed by atoms with E-state index in [0.29, 0.717) is 5.88 Å². The lowest BCUT2D eigenvalue weighted by Gasteiger charge is -2.04. The maximum Gasteiger partial charge on any atom is 0.233 e. The van der Waals surface area contributed by atoms with Crippen LogP contribution in [0.4, 0.5) is 5.13 Å². The van der Waals surface area contributed by atoms with Crippen LogP contribution < -0.4 is 9.64 Å². The molecule has 1 aromatic rings. The van der Waals surface area contributed by atoms with Crippen molar-refractivity contribution >= 4 is 22.5 Å². The van der Waals surface area contributed by atoms with Gasteiger partial charge >= 0.3 is 0 Å². The van der Waals surface area contributed by atoms with E-state index in [2.05, 4.69) is 11.6 Å². The Bertz CT molecular complexity index is 281. The van der Waals surface area contributed by atoms with Gasteiger partial charge < -0.3 is 9.64 Å². The highest BCUT2D eigenvalue weighted by molar-refractivity contribution is 7.16. The van der Waals surface area contributed by atoms with Crippen LogP contribution in [-0.4, -0.2) is 26.2 Å². The van der Waals surface area contributed by atoms with E-state index in [1.54, 1.807) is 24.5 Å². The number of rotatable bonds is 3. The summed E-state index contributed by atoms with van der Waals surface area (Å²) in [5.41, 5.74) is 0. The van der Waals surface area contributed by atoms with E-state index in [0.717, 1.165) is 10.0 Å². The number of aromatic nitrogens is 1. The minimum atomic E-state index is 0.652. The second kappa shape index (κ2) is 3.58. The van der Waals surface area contributed by atoms with Crippen LogP contribution in [0.5, 0.6) is 5.88 Å². The van der Waals surface area contributed by atoms with Crippen LogP contribution >= 0.6 is 11.3 Å². The molecule has 0 aliphatic heterocycles. The summed E-state index contributed by atoms with van der Waals surface area (Å²) in [6, 6.07) is 0. The van der Waals surface area contributed by atoms with E-state index in [9.17, 15) is 0 Å². The van der Waals surface area contributed by atoms with Crippen molar-refractivity contribution in [1.29, 1.82) is 0 Å². The van der Waals surface area contributed by atoms with Crippen molar-refractivity contribution in [2.24, 2.45) is 0 Å². The zero-order chi connectivity index (χ0) is 9.14. The molecule has 0 aliphatic rings. The molecule has 0 N–H and O–H groups in total. The first-order valence-electron chi connectivity index (χ1n) is 3.53. The third-order valence-corrected chi connectivity index (χ3v) is 2.57. The summed E-state index contributed by atoms with van der Waals surface area (Å²) < 4.78 is 5.07. The normalized spacial score (nSPS) is 9.58. The molecule has 0 atom stereocenters. The maximum absolute atomic E-state index is 5.07. The van der Waals surface area contributed by atoms with Gasteiger partial charge in [-0.3, -0.25) is 0 Å². The molecule has 0 spiro atoms. The topological polar surface area (TPSA) is 25.4 Å². The van der Waals surface area contributed by atoms with Gasteiger partial charge in [0, 0.05) is 14.1 Å². The van der Waals surface area contributed by atoms with Crippen molar-refractivity contribution in [3.05, 3.63) is 11.5 Å². The van der Waals surface area contributed by atoms with Crippen LogP contribution in [0.3, 0.4) is 0 Å². The molecular weight excluding hydrogens is 172 g/mol. The van der Waals surface area contributed by atoms with E-state index in [-0.39, 0.29) is 0 Å². The Morgan fingerprint density at radius 3 is 2.58 bits per heavy atom. The smallest absolute Gasteiger partial charge is 0.233 e. The second-order valence-electron chi connectivity index (χ2n) is 2.47. The first kappa shape index (κ1) is 9.06. The first-order chi connectivity index (χ1) is 5.69. The highest BCUT2D eigenvalue weighted by Crippen LogP contribution is 2.30. The average molecular weight is 184 g/mol. The zero-order valence-corrected chi connectivity index (χ0v) is 8.31. The summed E-state index contributed by atoms with van der Waals surface area (Å²) in [5, 5.41) is 0.932. The number of anilines is 1. The summed E-state index contributed by atoms with van der Waals surface area (Å²) in [5.74, 6) is 0.652. The maximum atomic E-state index is 5.07. The Morgan fingerprint density at radius 1 is 1.58 bits per heavy atom. The minimum absolute atomic E-state index is 0.652.